The van der Waals surface area contributed by atoms with Gasteiger partial charge in [-0.2, -0.15) is 0 Å². The Morgan fingerprint density at radius 1 is 0.805 bits per heavy atom. The van der Waals surface area contributed by atoms with Crippen LogP contribution in [-0.4, -0.2) is 35.7 Å². The molecule has 0 fully saturated rings. The standard InChI is InChI=1S/C34H35NO6/c1-4-6-7-8-21-40-34(38)25-15-18-27(19-16-25)41-30-14-10-11-24-17-20-29(35-32(24)30)31(23(3)36)33(37)26-12-9-13-28(22-26)39-5-2/h9-20,22,31H,4-8,21H2,1-3H3. The van der Waals surface area contributed by atoms with Gasteiger partial charge in [-0.25, -0.2) is 9.78 Å². The number of carbonyl (C=O) groups excluding carboxylic acids is 3. The second-order valence-corrected chi connectivity index (χ2v) is 9.76. The van der Waals surface area contributed by atoms with Gasteiger partial charge in [0, 0.05) is 10.9 Å². The van der Waals surface area contributed by atoms with Crippen LogP contribution in [0.1, 0.15) is 78.8 Å². The van der Waals surface area contributed by atoms with Crippen molar-refractivity contribution in [3.8, 4) is 17.2 Å². The van der Waals surface area contributed by atoms with Gasteiger partial charge >= 0.3 is 5.97 Å². The molecule has 0 aliphatic heterocycles. The van der Waals surface area contributed by atoms with E-state index < -0.39 is 5.92 Å². The summed E-state index contributed by atoms with van der Waals surface area (Å²) >= 11 is 0. The average Bonchev–Trinajstić information content (AvgIpc) is 2.98. The fraction of sp³-hybridized carbons (Fsp3) is 0.294. The van der Waals surface area contributed by atoms with Gasteiger partial charge in [0.15, 0.2) is 11.5 Å². The summed E-state index contributed by atoms with van der Waals surface area (Å²) in [5.74, 6) is -0.561. The van der Waals surface area contributed by atoms with Gasteiger partial charge in [0.2, 0.25) is 0 Å². The van der Waals surface area contributed by atoms with Gasteiger partial charge in [-0.1, -0.05) is 56.5 Å². The topological polar surface area (TPSA) is 91.8 Å². The van der Waals surface area contributed by atoms with Crippen LogP contribution in [0.5, 0.6) is 17.2 Å². The third-order valence-electron chi connectivity index (χ3n) is 6.65. The van der Waals surface area contributed by atoms with Crippen LogP contribution in [0.25, 0.3) is 10.9 Å². The number of benzene rings is 3. The molecule has 0 aliphatic carbocycles. The van der Waals surface area contributed by atoms with E-state index in [0.717, 1.165) is 31.1 Å². The molecule has 7 nitrogen and oxygen atoms in total. The molecular weight excluding hydrogens is 518 g/mol. The zero-order valence-corrected chi connectivity index (χ0v) is 23.7. The Morgan fingerprint density at radius 2 is 1.59 bits per heavy atom. The van der Waals surface area contributed by atoms with E-state index in [-0.39, 0.29) is 17.5 Å². The number of carbonyl (C=O) groups is 3. The maximum absolute atomic E-state index is 13.5. The minimum atomic E-state index is -1.07. The van der Waals surface area contributed by atoms with Gasteiger partial charge in [-0.05, 0) is 68.8 Å². The Morgan fingerprint density at radius 3 is 2.32 bits per heavy atom. The summed E-state index contributed by atoms with van der Waals surface area (Å²) in [6, 6.07) is 22.5. The highest BCUT2D eigenvalue weighted by Gasteiger charge is 2.28. The van der Waals surface area contributed by atoms with Crippen LogP contribution in [0, 0.1) is 0 Å². The molecule has 0 saturated carbocycles. The van der Waals surface area contributed by atoms with Crippen molar-refractivity contribution < 1.29 is 28.6 Å². The van der Waals surface area contributed by atoms with Crippen molar-refractivity contribution in [2.75, 3.05) is 13.2 Å². The summed E-state index contributed by atoms with van der Waals surface area (Å²) in [5, 5.41) is 0.794. The van der Waals surface area contributed by atoms with E-state index in [1.165, 1.54) is 6.92 Å². The molecule has 41 heavy (non-hydrogen) atoms. The largest absolute Gasteiger partial charge is 0.494 e. The second-order valence-electron chi connectivity index (χ2n) is 9.76. The molecule has 1 atom stereocenters. The Kier molecular flexibility index (Phi) is 10.2. The molecule has 3 aromatic carbocycles. The van der Waals surface area contributed by atoms with Crippen LogP contribution in [0.2, 0.25) is 0 Å². The predicted molar refractivity (Wildman–Crippen MR) is 158 cm³/mol. The first kappa shape index (κ1) is 29.5. The number of unbranched alkanes of at least 4 members (excludes halogenated alkanes) is 3. The number of nitrogens with zero attached hydrogens (tertiary/aromatic N) is 1. The summed E-state index contributed by atoms with van der Waals surface area (Å²) < 4.78 is 17.0. The van der Waals surface area contributed by atoms with Crippen LogP contribution < -0.4 is 9.47 Å². The molecule has 1 aromatic heterocycles. The fourth-order valence-corrected chi connectivity index (χ4v) is 4.54. The molecule has 1 unspecified atom stereocenters. The highest BCUT2D eigenvalue weighted by molar-refractivity contribution is 6.14. The van der Waals surface area contributed by atoms with Crippen molar-refractivity contribution in [2.45, 2.75) is 52.4 Å². The quantitative estimate of drug-likeness (QED) is 0.0683. The normalized spacial score (nSPS) is 11.6. The van der Waals surface area contributed by atoms with Crippen LogP contribution >= 0.6 is 0 Å². The molecule has 0 bridgehead atoms. The monoisotopic (exact) mass is 553 g/mol. The molecule has 0 N–H and O–H groups in total. The van der Waals surface area contributed by atoms with Gasteiger partial charge < -0.3 is 14.2 Å². The molecule has 0 aliphatic rings. The van der Waals surface area contributed by atoms with Gasteiger partial charge in [0.1, 0.15) is 28.7 Å². The molecule has 7 heteroatoms. The zero-order chi connectivity index (χ0) is 29.2. The first-order valence-electron chi connectivity index (χ1n) is 14.0. The van der Waals surface area contributed by atoms with E-state index in [1.807, 2.05) is 25.1 Å². The fourth-order valence-electron chi connectivity index (χ4n) is 4.54. The maximum Gasteiger partial charge on any atom is 0.338 e. The van der Waals surface area contributed by atoms with Crippen molar-refractivity contribution in [3.05, 3.63) is 95.7 Å². The minimum absolute atomic E-state index is 0.310. The number of hydrogen-bond acceptors (Lipinski definition) is 7. The Balaban J connectivity index is 1.55. The summed E-state index contributed by atoms with van der Waals surface area (Å²) in [7, 11) is 0. The minimum Gasteiger partial charge on any atom is -0.494 e. The molecule has 212 valence electrons. The number of ketones is 2. The average molecular weight is 554 g/mol. The van der Waals surface area contributed by atoms with Gasteiger partial charge in [0.25, 0.3) is 0 Å². The zero-order valence-electron chi connectivity index (χ0n) is 23.7. The smallest absolute Gasteiger partial charge is 0.338 e. The molecule has 0 saturated heterocycles. The highest BCUT2D eigenvalue weighted by Crippen LogP contribution is 2.31. The summed E-state index contributed by atoms with van der Waals surface area (Å²) in [6.07, 6.45) is 4.15. The Hall–Kier alpha value is -4.52. The molecule has 0 amide bonds. The van der Waals surface area contributed by atoms with Crippen LogP contribution in [0.4, 0.5) is 0 Å². The predicted octanol–water partition coefficient (Wildman–Crippen LogP) is 7.72. The lowest BCUT2D eigenvalue weighted by Gasteiger charge is -2.15. The van der Waals surface area contributed by atoms with Crippen molar-refractivity contribution in [1.82, 2.24) is 4.98 Å². The summed E-state index contributed by atoms with van der Waals surface area (Å²) in [4.78, 5) is 43.3. The molecule has 4 aromatic rings. The van der Waals surface area contributed by atoms with E-state index in [4.69, 9.17) is 19.2 Å². The first-order valence-corrected chi connectivity index (χ1v) is 14.0. The summed E-state index contributed by atoms with van der Waals surface area (Å²) in [6.45, 7) is 6.26. The van der Waals surface area contributed by atoms with Gasteiger partial charge in [0.05, 0.1) is 24.5 Å². The Bertz CT molecular complexity index is 1510. The maximum atomic E-state index is 13.5. The van der Waals surface area contributed by atoms with E-state index in [1.54, 1.807) is 60.7 Å². The number of esters is 1. The van der Waals surface area contributed by atoms with Gasteiger partial charge in [-0.3, -0.25) is 9.59 Å². The third kappa shape index (κ3) is 7.57. The van der Waals surface area contributed by atoms with Crippen LogP contribution in [0.3, 0.4) is 0 Å². The van der Waals surface area contributed by atoms with E-state index >= 15 is 0 Å². The number of rotatable bonds is 14. The lowest BCUT2D eigenvalue weighted by Crippen LogP contribution is -2.21. The van der Waals surface area contributed by atoms with Crippen LogP contribution in [0.15, 0.2) is 78.9 Å². The number of aromatic nitrogens is 1. The second kappa shape index (κ2) is 14.2. The molecule has 0 radical (unpaired) electrons. The molecule has 1 heterocycles. The third-order valence-corrected chi connectivity index (χ3v) is 6.65. The number of ether oxygens (including phenoxy) is 3. The number of para-hydroxylation sites is 1. The van der Waals surface area contributed by atoms with Crippen molar-refractivity contribution in [3.63, 3.8) is 0 Å². The lowest BCUT2D eigenvalue weighted by molar-refractivity contribution is -0.117. The molecule has 0 spiro atoms. The number of Topliss-reactive ketones (excluding diaryl/α,β-unsaturated/α-hetero) is 2. The SMILES string of the molecule is CCCCCCOC(=O)c1ccc(Oc2cccc3ccc(C(C(C)=O)C(=O)c4cccc(OCC)c4)nc23)cc1. The van der Waals surface area contributed by atoms with Crippen molar-refractivity contribution >= 4 is 28.4 Å². The van der Waals surface area contributed by atoms with Crippen LogP contribution in [-0.2, 0) is 9.53 Å². The van der Waals surface area contributed by atoms with Gasteiger partial charge in [-0.15, -0.1) is 0 Å². The number of hydrogen-bond donors (Lipinski definition) is 0. The Labute approximate surface area is 240 Å². The molecule has 4 rings (SSSR count). The van der Waals surface area contributed by atoms with Crippen molar-refractivity contribution in [1.29, 1.82) is 0 Å². The summed E-state index contributed by atoms with van der Waals surface area (Å²) in [5.41, 5.74) is 1.68. The van der Waals surface area contributed by atoms with E-state index in [0.29, 0.717) is 52.8 Å². The van der Waals surface area contributed by atoms with Crippen molar-refractivity contribution in [2.24, 2.45) is 0 Å². The number of pyridine rings is 1. The first-order chi connectivity index (χ1) is 19.9. The number of fused-ring (bicyclic) bond motifs is 1. The lowest BCUT2D eigenvalue weighted by atomic mass is 9.90. The van der Waals surface area contributed by atoms with E-state index in [9.17, 15) is 14.4 Å². The molecular formula is C34H35NO6. The van der Waals surface area contributed by atoms with E-state index in [2.05, 4.69) is 6.92 Å². The highest BCUT2D eigenvalue weighted by atomic mass is 16.5.